The first-order chi connectivity index (χ1) is 10.6. The lowest BCUT2D eigenvalue weighted by Crippen LogP contribution is -2.42. The maximum atomic E-state index is 12.6. The van der Waals surface area contributed by atoms with Gasteiger partial charge in [-0.3, -0.25) is 4.79 Å². The number of nitrogens with one attached hydrogen (secondary N) is 2. The SMILES string of the molecule is COc1ccccc1C(CC(C)C)NC(=O)C1CCCNC1.Cl. The highest BCUT2D eigenvalue weighted by molar-refractivity contribution is 5.85. The number of para-hydroxylation sites is 1. The molecule has 4 nitrogen and oxygen atoms in total. The summed E-state index contributed by atoms with van der Waals surface area (Å²) in [6.07, 6.45) is 2.95. The Labute approximate surface area is 145 Å². The summed E-state index contributed by atoms with van der Waals surface area (Å²) in [5, 5.41) is 6.56. The summed E-state index contributed by atoms with van der Waals surface area (Å²) in [5.41, 5.74) is 1.07. The Hall–Kier alpha value is -1.26. The van der Waals surface area contributed by atoms with Gasteiger partial charge in [0.2, 0.25) is 5.91 Å². The van der Waals surface area contributed by atoms with Crippen molar-refractivity contribution in [3.8, 4) is 5.75 Å². The van der Waals surface area contributed by atoms with E-state index in [0.717, 1.165) is 43.7 Å². The highest BCUT2D eigenvalue weighted by Crippen LogP contribution is 2.29. The third-order valence-electron chi connectivity index (χ3n) is 4.21. The number of ether oxygens (including phenoxy) is 1. The summed E-state index contributed by atoms with van der Waals surface area (Å²) in [6.45, 7) is 6.16. The number of methoxy groups -OCH3 is 1. The number of rotatable bonds is 6. The number of carbonyl (C=O) groups is 1. The number of piperidine rings is 1. The minimum atomic E-state index is 0. The predicted molar refractivity (Wildman–Crippen MR) is 96.2 cm³/mol. The van der Waals surface area contributed by atoms with Crippen LogP contribution in [0.3, 0.4) is 0 Å². The van der Waals surface area contributed by atoms with Gasteiger partial charge in [-0.25, -0.2) is 0 Å². The van der Waals surface area contributed by atoms with Crippen LogP contribution in [-0.2, 0) is 4.79 Å². The van der Waals surface area contributed by atoms with Crippen LogP contribution in [-0.4, -0.2) is 26.1 Å². The van der Waals surface area contributed by atoms with Gasteiger partial charge in [0.05, 0.1) is 19.1 Å². The van der Waals surface area contributed by atoms with Crippen molar-refractivity contribution < 1.29 is 9.53 Å². The van der Waals surface area contributed by atoms with Crippen LogP contribution in [0.25, 0.3) is 0 Å². The normalized spacial score (nSPS) is 18.9. The molecule has 0 saturated carbocycles. The molecule has 0 aliphatic carbocycles. The molecule has 1 aliphatic heterocycles. The van der Waals surface area contributed by atoms with Crippen molar-refractivity contribution >= 4 is 18.3 Å². The number of carbonyl (C=O) groups excluding carboxylic acids is 1. The largest absolute Gasteiger partial charge is 0.496 e. The van der Waals surface area contributed by atoms with Crippen molar-refractivity contribution in [3.63, 3.8) is 0 Å². The third kappa shape index (κ3) is 5.70. The van der Waals surface area contributed by atoms with Crippen LogP contribution in [0.15, 0.2) is 24.3 Å². The highest BCUT2D eigenvalue weighted by atomic mass is 35.5. The fourth-order valence-corrected chi connectivity index (χ4v) is 3.05. The maximum Gasteiger partial charge on any atom is 0.224 e. The number of halogens is 1. The molecule has 0 bridgehead atoms. The topological polar surface area (TPSA) is 50.4 Å². The van der Waals surface area contributed by atoms with Gasteiger partial charge in [0.25, 0.3) is 0 Å². The second kappa shape index (κ2) is 9.78. The molecule has 1 saturated heterocycles. The zero-order chi connectivity index (χ0) is 15.9. The second-order valence-corrected chi connectivity index (χ2v) is 6.48. The summed E-state index contributed by atoms with van der Waals surface area (Å²) >= 11 is 0. The van der Waals surface area contributed by atoms with Crippen molar-refractivity contribution in [3.05, 3.63) is 29.8 Å². The van der Waals surface area contributed by atoms with Crippen molar-refractivity contribution in [1.29, 1.82) is 0 Å². The fourth-order valence-electron chi connectivity index (χ4n) is 3.05. The van der Waals surface area contributed by atoms with Gasteiger partial charge in [-0.1, -0.05) is 32.0 Å². The van der Waals surface area contributed by atoms with Crippen LogP contribution in [0.1, 0.15) is 44.7 Å². The van der Waals surface area contributed by atoms with Crippen LogP contribution in [0.4, 0.5) is 0 Å². The minimum Gasteiger partial charge on any atom is -0.496 e. The summed E-state index contributed by atoms with van der Waals surface area (Å²) in [5.74, 6) is 1.58. The van der Waals surface area contributed by atoms with E-state index >= 15 is 0 Å². The van der Waals surface area contributed by atoms with E-state index in [2.05, 4.69) is 24.5 Å². The Kier molecular flexibility index (Phi) is 8.42. The van der Waals surface area contributed by atoms with Crippen molar-refractivity contribution in [2.45, 2.75) is 39.2 Å². The van der Waals surface area contributed by atoms with E-state index in [4.69, 9.17) is 4.74 Å². The van der Waals surface area contributed by atoms with Gasteiger partial charge in [-0.15, -0.1) is 12.4 Å². The van der Waals surface area contributed by atoms with Gasteiger partial charge < -0.3 is 15.4 Å². The molecule has 0 spiro atoms. The molecule has 2 unspecified atom stereocenters. The van der Waals surface area contributed by atoms with E-state index < -0.39 is 0 Å². The Morgan fingerprint density at radius 1 is 1.39 bits per heavy atom. The van der Waals surface area contributed by atoms with E-state index in [-0.39, 0.29) is 30.3 Å². The molecule has 5 heteroatoms. The zero-order valence-electron chi connectivity index (χ0n) is 14.3. The molecule has 1 aromatic carbocycles. The molecule has 1 aliphatic rings. The number of amides is 1. The summed E-state index contributed by atoms with van der Waals surface area (Å²) in [4.78, 5) is 12.6. The smallest absolute Gasteiger partial charge is 0.224 e. The molecule has 2 rings (SSSR count). The average Bonchev–Trinajstić information content (AvgIpc) is 2.54. The quantitative estimate of drug-likeness (QED) is 0.835. The lowest BCUT2D eigenvalue weighted by Gasteiger charge is -2.27. The molecule has 1 aromatic rings. The molecule has 2 atom stereocenters. The van der Waals surface area contributed by atoms with Gasteiger partial charge >= 0.3 is 0 Å². The van der Waals surface area contributed by atoms with Crippen molar-refractivity contribution in [1.82, 2.24) is 10.6 Å². The summed E-state index contributed by atoms with van der Waals surface area (Å²) in [7, 11) is 1.68. The van der Waals surface area contributed by atoms with Gasteiger partial charge in [0.1, 0.15) is 5.75 Å². The third-order valence-corrected chi connectivity index (χ3v) is 4.21. The van der Waals surface area contributed by atoms with Crippen LogP contribution >= 0.6 is 12.4 Å². The van der Waals surface area contributed by atoms with E-state index in [0.29, 0.717) is 5.92 Å². The molecular weight excluding hydrogens is 312 g/mol. The standard InChI is InChI=1S/C18H28N2O2.ClH/c1-13(2)11-16(15-8-4-5-9-17(15)22-3)20-18(21)14-7-6-10-19-12-14;/h4-5,8-9,13-14,16,19H,6-7,10-12H2,1-3H3,(H,20,21);1H. The predicted octanol–water partition coefficient (Wildman–Crippen LogP) is 3.32. The van der Waals surface area contributed by atoms with Gasteiger partial charge in [-0.2, -0.15) is 0 Å². The maximum absolute atomic E-state index is 12.6. The monoisotopic (exact) mass is 340 g/mol. The van der Waals surface area contributed by atoms with E-state index in [9.17, 15) is 4.79 Å². The first-order valence-electron chi connectivity index (χ1n) is 8.25. The molecular formula is C18H29ClN2O2. The van der Waals surface area contributed by atoms with E-state index in [1.807, 2.05) is 24.3 Å². The molecule has 1 fully saturated rings. The van der Waals surface area contributed by atoms with Gasteiger partial charge in [0.15, 0.2) is 0 Å². The summed E-state index contributed by atoms with van der Waals surface area (Å²) in [6, 6.07) is 7.97. The minimum absolute atomic E-state index is 0. The van der Waals surface area contributed by atoms with Gasteiger partial charge in [0, 0.05) is 12.1 Å². The fraction of sp³-hybridized carbons (Fsp3) is 0.611. The zero-order valence-corrected chi connectivity index (χ0v) is 15.1. The highest BCUT2D eigenvalue weighted by Gasteiger charge is 2.25. The van der Waals surface area contributed by atoms with E-state index in [1.165, 1.54) is 0 Å². The van der Waals surface area contributed by atoms with Crippen LogP contribution in [0.2, 0.25) is 0 Å². The van der Waals surface area contributed by atoms with Crippen LogP contribution in [0, 0.1) is 11.8 Å². The number of hydrogen-bond donors (Lipinski definition) is 2. The van der Waals surface area contributed by atoms with Gasteiger partial charge in [-0.05, 0) is 37.8 Å². The Bertz CT molecular complexity index is 488. The number of benzene rings is 1. The molecule has 0 radical (unpaired) electrons. The second-order valence-electron chi connectivity index (χ2n) is 6.48. The average molecular weight is 341 g/mol. The molecule has 23 heavy (non-hydrogen) atoms. The Balaban J connectivity index is 0.00000264. The molecule has 1 heterocycles. The Morgan fingerprint density at radius 3 is 2.74 bits per heavy atom. The van der Waals surface area contributed by atoms with Crippen LogP contribution in [0.5, 0.6) is 5.75 Å². The first kappa shape index (κ1) is 19.8. The molecule has 2 N–H and O–H groups in total. The molecule has 1 amide bonds. The number of hydrogen-bond acceptors (Lipinski definition) is 3. The lowest BCUT2D eigenvalue weighted by atomic mass is 9.94. The molecule has 0 aromatic heterocycles. The van der Waals surface area contributed by atoms with E-state index in [1.54, 1.807) is 7.11 Å². The Morgan fingerprint density at radius 2 is 2.13 bits per heavy atom. The van der Waals surface area contributed by atoms with Crippen LogP contribution < -0.4 is 15.4 Å². The first-order valence-corrected chi connectivity index (χ1v) is 8.25. The summed E-state index contributed by atoms with van der Waals surface area (Å²) < 4.78 is 5.47. The van der Waals surface area contributed by atoms with Crippen molar-refractivity contribution in [2.75, 3.05) is 20.2 Å². The lowest BCUT2D eigenvalue weighted by molar-refractivity contribution is -0.126. The molecule has 130 valence electrons. The van der Waals surface area contributed by atoms with Crippen molar-refractivity contribution in [2.24, 2.45) is 11.8 Å².